The summed E-state index contributed by atoms with van der Waals surface area (Å²) in [6.07, 6.45) is -3.41. The number of aliphatic hydroxyl groups excluding tert-OH is 2. The minimum atomic E-state index is -4.93. The van der Waals surface area contributed by atoms with Gasteiger partial charge in [-0.3, -0.25) is 18.9 Å². The smallest absolute Gasteiger partial charge is 0.373 e. The van der Waals surface area contributed by atoms with E-state index in [2.05, 4.69) is 0 Å². The van der Waals surface area contributed by atoms with Gasteiger partial charge in [0.05, 0.1) is 12.7 Å². The Kier molecular flexibility index (Phi) is 4.20. The molecule has 0 aliphatic carbocycles. The highest BCUT2D eigenvalue weighted by Crippen LogP contribution is 2.36. The van der Waals surface area contributed by atoms with E-state index in [1.54, 1.807) is 0 Å². The summed E-state index contributed by atoms with van der Waals surface area (Å²) in [7, 11) is -4.93. The van der Waals surface area contributed by atoms with Gasteiger partial charge in [-0.25, -0.2) is 4.79 Å². The molecule has 0 amide bonds. The molecule has 2 rings (SSSR count). The van der Waals surface area contributed by atoms with E-state index in [1.165, 1.54) is 0 Å². The normalized spacial score (nSPS) is 26.2. The van der Waals surface area contributed by atoms with Crippen LogP contribution in [0.5, 0.6) is 0 Å². The van der Waals surface area contributed by atoms with E-state index in [0.29, 0.717) is 4.57 Å². The van der Waals surface area contributed by atoms with Crippen LogP contribution in [0.15, 0.2) is 9.59 Å². The summed E-state index contributed by atoms with van der Waals surface area (Å²) in [5, 5.41) is 18.7. The molecular weight excluding hydrogens is 307 g/mol. The number of hydrogen-bond acceptors (Lipinski definition) is 6. The Morgan fingerprint density at radius 1 is 1.43 bits per heavy atom. The number of hydrogen-bond donors (Lipinski definition) is 5. The average molecular weight is 322 g/mol. The van der Waals surface area contributed by atoms with Crippen molar-refractivity contribution in [1.82, 2.24) is 9.55 Å². The predicted molar refractivity (Wildman–Crippen MR) is 69.4 cm³/mol. The topological polar surface area (TPSA) is 162 Å². The van der Waals surface area contributed by atoms with Crippen molar-refractivity contribution in [1.29, 1.82) is 0 Å². The molecule has 10 nitrogen and oxygen atoms in total. The molecule has 0 spiro atoms. The van der Waals surface area contributed by atoms with Gasteiger partial charge in [0.15, 0.2) is 0 Å². The van der Waals surface area contributed by atoms with Crippen LogP contribution in [0.3, 0.4) is 0 Å². The Hall–Kier alpha value is -1.29. The summed E-state index contributed by atoms with van der Waals surface area (Å²) in [5.74, 6) is 0. The number of rotatable bonds is 3. The van der Waals surface area contributed by atoms with Gasteiger partial charge in [-0.1, -0.05) is 0 Å². The largest absolute Gasteiger partial charge is 0.394 e. The van der Waals surface area contributed by atoms with Crippen molar-refractivity contribution in [3.05, 3.63) is 26.4 Å². The van der Waals surface area contributed by atoms with E-state index in [1.807, 2.05) is 4.98 Å². The van der Waals surface area contributed by atoms with Crippen LogP contribution in [0.4, 0.5) is 0 Å². The molecule has 2 heterocycles. The summed E-state index contributed by atoms with van der Waals surface area (Å²) in [6, 6.07) is 0. The van der Waals surface area contributed by atoms with Gasteiger partial charge in [-0.05, 0) is 6.92 Å². The zero-order chi connectivity index (χ0) is 15.9. The number of ether oxygens (including phenoxy) is 1. The first-order valence-electron chi connectivity index (χ1n) is 6.02. The molecule has 1 unspecified atom stereocenters. The highest BCUT2D eigenvalue weighted by molar-refractivity contribution is 7.60. The van der Waals surface area contributed by atoms with E-state index in [9.17, 15) is 29.0 Å². The predicted octanol–water partition coefficient (Wildman–Crippen LogP) is -2.71. The zero-order valence-corrected chi connectivity index (χ0v) is 11.9. The minimum absolute atomic E-state index is 0.149. The molecule has 1 aliphatic heterocycles. The average Bonchev–Trinajstić information content (AvgIpc) is 2.72. The van der Waals surface area contributed by atoms with E-state index in [4.69, 9.17) is 9.84 Å². The molecule has 0 saturated carbocycles. The molecule has 3 atom stereocenters. The maximum Gasteiger partial charge on any atom is 0.373 e. The lowest BCUT2D eigenvalue weighted by Gasteiger charge is -2.20. The molecule has 118 valence electrons. The van der Waals surface area contributed by atoms with Crippen molar-refractivity contribution >= 4 is 13.0 Å². The Bertz CT molecular complexity index is 704. The van der Waals surface area contributed by atoms with Gasteiger partial charge in [0.1, 0.15) is 17.8 Å². The second-order valence-electron chi connectivity index (χ2n) is 4.74. The van der Waals surface area contributed by atoms with Crippen LogP contribution in [0, 0.1) is 6.92 Å². The number of nitrogens with one attached hydrogen (secondary N) is 1. The standard InChI is InChI=1S/C10H15N2O8P/c1-4-8(15)11-10(16)12(9(4)21(17,18)19)7-2-5(14)6(3-13)20-7/h5-7,13-14H,2-3H2,1H3,(H,11,15,16)(H2,17,18,19)/t5?,6-,7-/m1/s1. The van der Waals surface area contributed by atoms with Crippen molar-refractivity contribution in [2.45, 2.75) is 31.8 Å². The molecule has 21 heavy (non-hydrogen) atoms. The van der Waals surface area contributed by atoms with E-state index in [0.717, 1.165) is 6.92 Å². The van der Waals surface area contributed by atoms with Crippen LogP contribution in [0.25, 0.3) is 0 Å². The summed E-state index contributed by atoms with van der Waals surface area (Å²) < 4.78 is 17.4. The lowest BCUT2D eigenvalue weighted by molar-refractivity contribution is -0.0450. The van der Waals surface area contributed by atoms with Crippen LogP contribution in [0.1, 0.15) is 18.2 Å². The fraction of sp³-hybridized carbons (Fsp3) is 0.600. The lowest BCUT2D eigenvalue weighted by atomic mass is 10.2. The summed E-state index contributed by atoms with van der Waals surface area (Å²) in [6.45, 7) is 0.651. The zero-order valence-electron chi connectivity index (χ0n) is 11.0. The summed E-state index contributed by atoms with van der Waals surface area (Å²) in [4.78, 5) is 44.1. The SMILES string of the molecule is Cc1c(P(=O)(O)O)n([C@H]2CC(O)[C@@H](CO)O2)c(=O)[nH]c1=O. The number of aliphatic hydroxyl groups is 2. The fourth-order valence-electron chi connectivity index (χ4n) is 2.29. The highest BCUT2D eigenvalue weighted by Gasteiger charge is 2.39. The van der Waals surface area contributed by atoms with Crippen molar-refractivity contribution in [2.75, 3.05) is 6.61 Å². The Morgan fingerprint density at radius 2 is 2.05 bits per heavy atom. The van der Waals surface area contributed by atoms with Gasteiger partial charge in [0, 0.05) is 12.0 Å². The second kappa shape index (κ2) is 5.48. The molecule has 1 saturated heterocycles. The van der Waals surface area contributed by atoms with Gasteiger partial charge >= 0.3 is 13.3 Å². The quantitative estimate of drug-likeness (QED) is 0.375. The molecule has 1 aliphatic rings. The first kappa shape index (κ1) is 16.1. The number of aromatic amines is 1. The first-order valence-corrected chi connectivity index (χ1v) is 7.64. The second-order valence-corrected chi connectivity index (χ2v) is 6.25. The Labute approximate surface area is 117 Å². The number of H-pyrrole nitrogens is 1. The molecular formula is C10H15N2O8P. The summed E-state index contributed by atoms with van der Waals surface area (Å²) in [5.41, 5.74) is -3.04. The van der Waals surface area contributed by atoms with E-state index in [-0.39, 0.29) is 12.0 Å². The molecule has 0 radical (unpaired) electrons. The molecule has 11 heteroatoms. The van der Waals surface area contributed by atoms with E-state index >= 15 is 0 Å². The molecule has 0 aromatic carbocycles. The van der Waals surface area contributed by atoms with Crippen LogP contribution < -0.4 is 16.7 Å². The Morgan fingerprint density at radius 3 is 2.52 bits per heavy atom. The molecule has 1 aromatic heterocycles. The third-order valence-corrected chi connectivity index (χ3v) is 4.39. The first-order chi connectivity index (χ1) is 9.66. The maximum absolute atomic E-state index is 11.9. The van der Waals surface area contributed by atoms with Gasteiger partial charge in [0.2, 0.25) is 0 Å². The highest BCUT2D eigenvalue weighted by atomic mass is 31.2. The van der Waals surface area contributed by atoms with Crippen molar-refractivity contribution < 1.29 is 29.3 Å². The van der Waals surface area contributed by atoms with Crippen LogP contribution >= 0.6 is 7.60 Å². The molecule has 0 bridgehead atoms. The summed E-state index contributed by atoms with van der Waals surface area (Å²) >= 11 is 0. The van der Waals surface area contributed by atoms with Crippen LogP contribution in [-0.4, -0.2) is 48.4 Å². The fourth-order valence-corrected chi connectivity index (χ4v) is 3.33. The van der Waals surface area contributed by atoms with Gasteiger partial charge in [-0.2, -0.15) is 0 Å². The molecule has 1 aromatic rings. The number of aromatic nitrogens is 2. The van der Waals surface area contributed by atoms with Crippen LogP contribution in [0.2, 0.25) is 0 Å². The van der Waals surface area contributed by atoms with Crippen LogP contribution in [-0.2, 0) is 9.30 Å². The minimum Gasteiger partial charge on any atom is -0.394 e. The van der Waals surface area contributed by atoms with Crippen molar-refractivity contribution in [2.24, 2.45) is 0 Å². The van der Waals surface area contributed by atoms with Crippen molar-refractivity contribution in [3.8, 4) is 0 Å². The van der Waals surface area contributed by atoms with Gasteiger partial charge < -0.3 is 24.7 Å². The van der Waals surface area contributed by atoms with Crippen molar-refractivity contribution in [3.63, 3.8) is 0 Å². The number of nitrogens with zero attached hydrogens (tertiary/aromatic N) is 1. The molecule has 1 fully saturated rings. The monoisotopic (exact) mass is 322 g/mol. The third-order valence-electron chi connectivity index (χ3n) is 3.29. The third kappa shape index (κ3) is 2.86. The lowest BCUT2D eigenvalue weighted by Crippen LogP contribution is -2.44. The van der Waals surface area contributed by atoms with E-state index < -0.39 is 49.3 Å². The van der Waals surface area contributed by atoms with Gasteiger partial charge in [-0.15, -0.1) is 0 Å². The van der Waals surface area contributed by atoms with Gasteiger partial charge in [0.25, 0.3) is 5.56 Å². The molecule has 5 N–H and O–H groups in total. The Balaban J connectivity index is 2.65. The maximum atomic E-state index is 11.9.